The molecule has 0 spiro atoms. The monoisotopic (exact) mass is 376 g/mol. The SMILES string of the molecule is O=C(C=CN1CCN(Cc2ccc(F)c(F)c2)CC1)c1ccccc1Cl. The van der Waals surface area contributed by atoms with E-state index in [2.05, 4.69) is 9.80 Å². The van der Waals surface area contributed by atoms with E-state index in [0.717, 1.165) is 37.8 Å². The number of carbonyl (C=O) groups excluding carboxylic acids is 1. The number of hydrogen-bond donors (Lipinski definition) is 0. The fourth-order valence-corrected chi connectivity index (χ4v) is 3.12. The smallest absolute Gasteiger partial charge is 0.188 e. The maximum Gasteiger partial charge on any atom is 0.188 e. The predicted molar refractivity (Wildman–Crippen MR) is 98.1 cm³/mol. The van der Waals surface area contributed by atoms with Gasteiger partial charge in [-0.1, -0.05) is 29.8 Å². The summed E-state index contributed by atoms with van der Waals surface area (Å²) in [5.41, 5.74) is 1.24. The van der Waals surface area contributed by atoms with Crippen LogP contribution in [0.1, 0.15) is 15.9 Å². The van der Waals surface area contributed by atoms with Gasteiger partial charge in [0.2, 0.25) is 0 Å². The summed E-state index contributed by atoms with van der Waals surface area (Å²) in [6.45, 7) is 3.66. The highest BCUT2D eigenvalue weighted by molar-refractivity contribution is 6.34. The zero-order chi connectivity index (χ0) is 18.5. The number of carbonyl (C=O) groups is 1. The Labute approximate surface area is 156 Å². The zero-order valence-electron chi connectivity index (χ0n) is 14.2. The Kier molecular flexibility index (Phi) is 6.01. The minimum absolute atomic E-state index is 0.125. The van der Waals surface area contributed by atoms with Crippen molar-refractivity contribution in [1.82, 2.24) is 9.80 Å². The van der Waals surface area contributed by atoms with Crippen LogP contribution in [0.3, 0.4) is 0 Å². The van der Waals surface area contributed by atoms with Crippen LogP contribution in [-0.4, -0.2) is 41.8 Å². The van der Waals surface area contributed by atoms with Crippen molar-refractivity contribution in [1.29, 1.82) is 0 Å². The normalized spacial score (nSPS) is 15.6. The van der Waals surface area contributed by atoms with E-state index in [9.17, 15) is 13.6 Å². The molecule has 0 bridgehead atoms. The third kappa shape index (κ3) is 4.68. The Morgan fingerprint density at radius 1 is 1.04 bits per heavy atom. The van der Waals surface area contributed by atoms with Crippen LogP contribution in [0.4, 0.5) is 8.78 Å². The van der Waals surface area contributed by atoms with Gasteiger partial charge in [-0.15, -0.1) is 0 Å². The van der Waals surface area contributed by atoms with Gasteiger partial charge in [-0.05, 0) is 29.8 Å². The van der Waals surface area contributed by atoms with Crippen LogP contribution in [0.25, 0.3) is 0 Å². The molecule has 0 N–H and O–H groups in total. The summed E-state index contributed by atoms with van der Waals surface area (Å²) in [6, 6.07) is 11.0. The number of nitrogens with zero attached hydrogens (tertiary/aromatic N) is 2. The van der Waals surface area contributed by atoms with Crippen LogP contribution in [-0.2, 0) is 6.54 Å². The molecule has 26 heavy (non-hydrogen) atoms. The highest BCUT2D eigenvalue weighted by Crippen LogP contribution is 2.16. The zero-order valence-corrected chi connectivity index (χ0v) is 14.9. The first-order valence-electron chi connectivity index (χ1n) is 8.40. The number of halogens is 3. The van der Waals surface area contributed by atoms with E-state index in [1.807, 2.05) is 0 Å². The molecule has 0 unspecified atom stereocenters. The van der Waals surface area contributed by atoms with Crippen LogP contribution >= 0.6 is 11.6 Å². The van der Waals surface area contributed by atoms with Gasteiger partial charge in [-0.3, -0.25) is 9.69 Å². The van der Waals surface area contributed by atoms with E-state index < -0.39 is 11.6 Å². The maximum absolute atomic E-state index is 13.3. The van der Waals surface area contributed by atoms with E-state index in [0.29, 0.717) is 17.1 Å². The number of piperazine rings is 1. The van der Waals surface area contributed by atoms with Crippen LogP contribution in [0.2, 0.25) is 5.02 Å². The Morgan fingerprint density at radius 2 is 1.77 bits per heavy atom. The Morgan fingerprint density at radius 3 is 2.46 bits per heavy atom. The fourth-order valence-electron chi connectivity index (χ4n) is 2.89. The first kappa shape index (κ1) is 18.5. The van der Waals surface area contributed by atoms with E-state index in [-0.39, 0.29) is 5.78 Å². The Hall–Kier alpha value is -2.24. The average Bonchev–Trinajstić information content (AvgIpc) is 2.64. The average molecular weight is 377 g/mol. The van der Waals surface area contributed by atoms with Crippen molar-refractivity contribution in [3.63, 3.8) is 0 Å². The molecule has 0 saturated carbocycles. The minimum Gasteiger partial charge on any atom is -0.375 e. The largest absolute Gasteiger partial charge is 0.375 e. The lowest BCUT2D eigenvalue weighted by Gasteiger charge is -2.34. The quantitative estimate of drug-likeness (QED) is 0.579. The van der Waals surface area contributed by atoms with Gasteiger partial charge < -0.3 is 4.90 Å². The topological polar surface area (TPSA) is 23.6 Å². The third-order valence-corrected chi connectivity index (χ3v) is 4.70. The van der Waals surface area contributed by atoms with Crippen molar-refractivity contribution in [2.75, 3.05) is 26.2 Å². The molecule has 2 aromatic rings. The molecule has 1 aliphatic rings. The standard InChI is InChI=1S/C20H19ClF2N2O/c21-17-4-2-1-3-16(17)20(26)7-8-24-9-11-25(12-10-24)14-15-5-6-18(22)19(23)13-15/h1-8,13H,9-12,14H2. The molecule has 0 amide bonds. The van der Waals surface area contributed by atoms with Gasteiger partial charge in [0.05, 0.1) is 5.02 Å². The van der Waals surface area contributed by atoms with Crippen molar-refractivity contribution in [3.05, 3.63) is 82.5 Å². The second-order valence-electron chi connectivity index (χ2n) is 6.22. The number of rotatable bonds is 5. The predicted octanol–water partition coefficient (Wildman–Crippen LogP) is 4.13. The van der Waals surface area contributed by atoms with E-state index in [1.165, 1.54) is 12.1 Å². The molecule has 0 aliphatic carbocycles. The third-order valence-electron chi connectivity index (χ3n) is 4.37. The van der Waals surface area contributed by atoms with Gasteiger partial charge in [-0.2, -0.15) is 0 Å². The highest BCUT2D eigenvalue weighted by atomic mass is 35.5. The summed E-state index contributed by atoms with van der Waals surface area (Å²) in [5, 5.41) is 0.443. The number of hydrogen-bond acceptors (Lipinski definition) is 3. The summed E-state index contributed by atoms with van der Waals surface area (Å²) in [4.78, 5) is 16.4. The molecule has 0 atom stereocenters. The van der Waals surface area contributed by atoms with E-state index in [4.69, 9.17) is 11.6 Å². The van der Waals surface area contributed by atoms with Crippen molar-refractivity contribution in [2.45, 2.75) is 6.54 Å². The van der Waals surface area contributed by atoms with Gasteiger partial charge >= 0.3 is 0 Å². The van der Waals surface area contributed by atoms with Crippen molar-refractivity contribution in [2.24, 2.45) is 0 Å². The molecule has 0 radical (unpaired) electrons. The molecule has 1 heterocycles. The van der Waals surface area contributed by atoms with Gasteiger partial charge in [0.15, 0.2) is 17.4 Å². The molecule has 1 fully saturated rings. The van der Waals surface area contributed by atoms with Crippen LogP contribution in [0.5, 0.6) is 0 Å². The van der Waals surface area contributed by atoms with Gasteiger partial charge in [0.1, 0.15) is 0 Å². The van der Waals surface area contributed by atoms with E-state index in [1.54, 1.807) is 36.5 Å². The second-order valence-corrected chi connectivity index (χ2v) is 6.63. The Bertz CT molecular complexity index is 817. The van der Waals surface area contributed by atoms with Crippen LogP contribution in [0, 0.1) is 11.6 Å². The molecule has 2 aromatic carbocycles. The molecule has 3 rings (SSSR count). The number of allylic oxidation sites excluding steroid dienone is 1. The molecular formula is C20H19ClF2N2O. The maximum atomic E-state index is 13.3. The van der Waals surface area contributed by atoms with Crippen molar-refractivity contribution in [3.8, 4) is 0 Å². The Balaban J connectivity index is 1.51. The minimum atomic E-state index is -0.827. The summed E-state index contributed by atoms with van der Waals surface area (Å²) < 4.78 is 26.3. The molecule has 136 valence electrons. The lowest BCUT2D eigenvalue weighted by atomic mass is 10.1. The highest BCUT2D eigenvalue weighted by Gasteiger charge is 2.16. The van der Waals surface area contributed by atoms with Gasteiger partial charge in [0.25, 0.3) is 0 Å². The van der Waals surface area contributed by atoms with Gasteiger partial charge in [-0.25, -0.2) is 8.78 Å². The molecule has 0 aromatic heterocycles. The number of ketones is 1. The first-order valence-corrected chi connectivity index (χ1v) is 8.78. The molecule has 1 saturated heterocycles. The summed E-state index contributed by atoms with van der Waals surface area (Å²) in [7, 11) is 0. The molecule has 6 heteroatoms. The molecule has 1 aliphatic heterocycles. The lowest BCUT2D eigenvalue weighted by Crippen LogP contribution is -2.43. The van der Waals surface area contributed by atoms with Crippen LogP contribution < -0.4 is 0 Å². The summed E-state index contributed by atoms with van der Waals surface area (Å²) in [6.07, 6.45) is 3.33. The summed E-state index contributed by atoms with van der Waals surface area (Å²) >= 11 is 6.03. The summed E-state index contributed by atoms with van der Waals surface area (Å²) in [5.74, 6) is -1.77. The van der Waals surface area contributed by atoms with Crippen molar-refractivity contribution >= 4 is 17.4 Å². The van der Waals surface area contributed by atoms with Crippen LogP contribution in [0.15, 0.2) is 54.7 Å². The second kappa shape index (κ2) is 8.43. The van der Waals surface area contributed by atoms with Gasteiger partial charge in [0, 0.05) is 50.6 Å². The fraction of sp³-hybridized carbons (Fsp3) is 0.250. The molecular weight excluding hydrogens is 358 g/mol. The van der Waals surface area contributed by atoms with Crippen molar-refractivity contribution < 1.29 is 13.6 Å². The molecule has 3 nitrogen and oxygen atoms in total. The first-order chi connectivity index (χ1) is 12.5. The van der Waals surface area contributed by atoms with E-state index >= 15 is 0 Å². The lowest BCUT2D eigenvalue weighted by molar-refractivity contribution is 0.104. The number of benzene rings is 2.